The highest BCUT2D eigenvalue weighted by atomic mass is 16.5. The van der Waals surface area contributed by atoms with E-state index in [1.165, 1.54) is 9.25 Å². The number of carboxylic acid groups (broad SMARTS) is 1. The molecular formula is C24H30N4O4. The lowest BCUT2D eigenvalue weighted by atomic mass is 10.1. The Balaban J connectivity index is 1.99. The number of carbonyl (C=O) groups is 1. The smallest absolute Gasteiger partial charge is 0.345 e. The number of aliphatic carboxylic acids is 1. The van der Waals surface area contributed by atoms with Crippen molar-refractivity contribution in [2.75, 3.05) is 0 Å². The Kier molecular flexibility index (Phi) is 7.35. The van der Waals surface area contributed by atoms with E-state index >= 15 is 0 Å². The summed E-state index contributed by atoms with van der Waals surface area (Å²) in [5.41, 5.74) is 2.74. The quantitative estimate of drug-likeness (QED) is 0.534. The third-order valence-electron chi connectivity index (χ3n) is 5.28. The lowest BCUT2D eigenvalue weighted by Crippen LogP contribution is -2.31. The van der Waals surface area contributed by atoms with Gasteiger partial charge in [-0.05, 0) is 50.1 Å². The molecule has 1 aromatic heterocycles. The van der Waals surface area contributed by atoms with Crippen molar-refractivity contribution in [1.29, 1.82) is 0 Å². The van der Waals surface area contributed by atoms with E-state index in [0.717, 1.165) is 23.3 Å². The molecule has 0 spiro atoms. The Labute approximate surface area is 186 Å². The normalized spacial score (nSPS) is 13.7. The number of hydrogen-bond acceptors (Lipinski definition) is 4. The third kappa shape index (κ3) is 5.78. The zero-order valence-electron chi connectivity index (χ0n) is 18.9. The van der Waals surface area contributed by atoms with Gasteiger partial charge in [0.1, 0.15) is 5.75 Å². The minimum Gasteiger partial charge on any atom is -0.491 e. The van der Waals surface area contributed by atoms with Gasteiger partial charge >= 0.3 is 11.7 Å². The minimum absolute atomic E-state index is 0.0271. The molecule has 32 heavy (non-hydrogen) atoms. The number of aromatic nitrogens is 3. The maximum Gasteiger partial charge on any atom is 0.345 e. The van der Waals surface area contributed by atoms with Crippen molar-refractivity contribution in [2.45, 2.75) is 53.3 Å². The molecule has 0 saturated heterocycles. The first-order valence-corrected chi connectivity index (χ1v) is 10.8. The molecule has 2 aromatic carbocycles. The molecule has 1 heterocycles. The molecule has 0 aliphatic rings. The lowest BCUT2D eigenvalue weighted by Gasteiger charge is -2.12. The van der Waals surface area contributed by atoms with Crippen LogP contribution in [0.15, 0.2) is 58.3 Å². The van der Waals surface area contributed by atoms with Crippen LogP contribution < -0.4 is 16.0 Å². The van der Waals surface area contributed by atoms with Crippen LogP contribution in [0.2, 0.25) is 0 Å². The zero-order chi connectivity index (χ0) is 23.3. The van der Waals surface area contributed by atoms with Gasteiger partial charge < -0.3 is 9.84 Å². The minimum atomic E-state index is -0.966. The number of hydrogen-bond donors (Lipinski definition) is 2. The monoisotopic (exact) mass is 438 g/mol. The van der Waals surface area contributed by atoms with E-state index in [1.54, 1.807) is 6.92 Å². The van der Waals surface area contributed by atoms with Gasteiger partial charge in [-0.25, -0.2) is 14.5 Å². The van der Waals surface area contributed by atoms with Crippen molar-refractivity contribution in [3.05, 3.63) is 75.8 Å². The second kappa shape index (κ2) is 10.2. The van der Waals surface area contributed by atoms with E-state index in [2.05, 4.69) is 17.0 Å². The predicted molar refractivity (Wildman–Crippen MR) is 122 cm³/mol. The summed E-state index contributed by atoms with van der Waals surface area (Å²) in [4.78, 5) is 28.9. The fraction of sp³-hybridized carbons (Fsp3) is 0.375. The molecule has 0 bridgehead atoms. The van der Waals surface area contributed by atoms with Crippen LogP contribution in [0.25, 0.3) is 0 Å². The molecule has 170 valence electrons. The first-order valence-electron chi connectivity index (χ1n) is 10.8. The molecule has 0 fully saturated rings. The van der Waals surface area contributed by atoms with E-state index in [1.807, 2.05) is 62.4 Å². The highest BCUT2D eigenvalue weighted by Gasteiger charge is 2.16. The first kappa shape index (κ1) is 23.1. The lowest BCUT2D eigenvalue weighted by molar-refractivity contribution is -0.141. The van der Waals surface area contributed by atoms with Crippen LogP contribution in [0.3, 0.4) is 0 Å². The highest BCUT2D eigenvalue weighted by molar-refractivity contribution is 5.69. The molecule has 2 N–H and O–H groups in total. The fourth-order valence-corrected chi connectivity index (χ4v) is 3.08. The Bertz CT molecular complexity index is 1170. The SMILES string of the molecule is CC[C@@H](C)Oc1ccc(/N=c2\[nH]n(C[C@H](C)C(=O)O)c(=O)n2Cc2ccc(C)cc2)cc1. The van der Waals surface area contributed by atoms with Gasteiger partial charge in [0.25, 0.3) is 0 Å². The zero-order valence-corrected chi connectivity index (χ0v) is 18.9. The molecule has 0 aliphatic carbocycles. The maximum absolute atomic E-state index is 13.0. The molecule has 3 aromatic rings. The van der Waals surface area contributed by atoms with Crippen molar-refractivity contribution < 1.29 is 14.6 Å². The van der Waals surface area contributed by atoms with Crippen molar-refractivity contribution in [3.63, 3.8) is 0 Å². The molecular weight excluding hydrogens is 408 g/mol. The summed E-state index contributed by atoms with van der Waals surface area (Å²) in [5.74, 6) is -0.928. The summed E-state index contributed by atoms with van der Waals surface area (Å²) in [6.07, 6.45) is 1.03. The molecule has 8 nitrogen and oxygen atoms in total. The molecule has 0 amide bonds. The van der Waals surface area contributed by atoms with Gasteiger partial charge in [-0.2, -0.15) is 0 Å². The van der Waals surface area contributed by atoms with E-state index in [9.17, 15) is 14.7 Å². The van der Waals surface area contributed by atoms with E-state index in [4.69, 9.17) is 4.74 Å². The summed E-state index contributed by atoms with van der Waals surface area (Å²) in [6.45, 7) is 7.98. The van der Waals surface area contributed by atoms with E-state index in [0.29, 0.717) is 17.9 Å². The van der Waals surface area contributed by atoms with Gasteiger partial charge in [-0.1, -0.05) is 43.7 Å². The predicted octanol–water partition coefficient (Wildman–Crippen LogP) is 3.47. The topological polar surface area (TPSA) is 102 Å². The molecule has 8 heteroatoms. The van der Waals surface area contributed by atoms with Gasteiger partial charge in [0.15, 0.2) is 0 Å². The molecule has 0 unspecified atom stereocenters. The van der Waals surface area contributed by atoms with Crippen molar-refractivity contribution in [3.8, 4) is 5.75 Å². The van der Waals surface area contributed by atoms with Crippen LogP contribution in [-0.4, -0.2) is 31.5 Å². The number of H-pyrrole nitrogens is 1. The van der Waals surface area contributed by atoms with Gasteiger partial charge in [0.05, 0.1) is 30.8 Å². The fourth-order valence-electron chi connectivity index (χ4n) is 3.08. The summed E-state index contributed by atoms with van der Waals surface area (Å²) in [7, 11) is 0. The second-order valence-electron chi connectivity index (χ2n) is 8.08. The number of carboxylic acids is 1. The summed E-state index contributed by atoms with van der Waals surface area (Å²) in [6, 6.07) is 15.2. The largest absolute Gasteiger partial charge is 0.491 e. The highest BCUT2D eigenvalue weighted by Crippen LogP contribution is 2.19. The number of nitrogens with one attached hydrogen (secondary N) is 1. The number of nitrogens with zero attached hydrogens (tertiary/aromatic N) is 3. The third-order valence-corrected chi connectivity index (χ3v) is 5.28. The summed E-state index contributed by atoms with van der Waals surface area (Å²) in [5, 5.41) is 12.2. The standard InChI is InChI=1S/C24H30N4O4/c1-5-18(4)32-21-12-10-20(11-13-21)25-23-26-28(14-17(3)22(29)30)24(31)27(23)15-19-8-6-16(2)7-9-19/h6-13,17-18H,5,14-15H2,1-4H3,(H,25,26)(H,29,30)/t17-,18+/m0/s1. The van der Waals surface area contributed by atoms with Crippen LogP contribution in [0.4, 0.5) is 5.69 Å². The summed E-state index contributed by atoms with van der Waals surface area (Å²) >= 11 is 0. The second-order valence-corrected chi connectivity index (χ2v) is 8.08. The van der Waals surface area contributed by atoms with Crippen LogP contribution >= 0.6 is 0 Å². The van der Waals surface area contributed by atoms with Crippen LogP contribution in [0, 0.1) is 12.8 Å². The Hall–Kier alpha value is -3.55. The number of ether oxygens (including phenoxy) is 1. The van der Waals surface area contributed by atoms with E-state index in [-0.39, 0.29) is 18.3 Å². The van der Waals surface area contributed by atoms with Gasteiger partial charge in [0, 0.05) is 0 Å². The van der Waals surface area contributed by atoms with Gasteiger partial charge in [0.2, 0.25) is 5.62 Å². The average Bonchev–Trinajstić information content (AvgIpc) is 3.05. The van der Waals surface area contributed by atoms with Crippen LogP contribution in [-0.2, 0) is 17.9 Å². The van der Waals surface area contributed by atoms with Crippen molar-refractivity contribution in [2.24, 2.45) is 10.9 Å². The van der Waals surface area contributed by atoms with Crippen LogP contribution in [0.1, 0.15) is 38.3 Å². The summed E-state index contributed by atoms with van der Waals surface area (Å²) < 4.78 is 8.62. The maximum atomic E-state index is 13.0. The molecule has 0 saturated carbocycles. The molecule has 3 rings (SSSR count). The Morgan fingerprint density at radius 3 is 2.38 bits per heavy atom. The van der Waals surface area contributed by atoms with Crippen molar-refractivity contribution in [1.82, 2.24) is 14.3 Å². The Morgan fingerprint density at radius 2 is 1.78 bits per heavy atom. The van der Waals surface area contributed by atoms with E-state index < -0.39 is 11.9 Å². The van der Waals surface area contributed by atoms with Gasteiger partial charge in [-0.3, -0.25) is 14.5 Å². The number of benzene rings is 2. The molecule has 2 atom stereocenters. The number of rotatable bonds is 9. The average molecular weight is 439 g/mol. The molecule has 0 aliphatic heterocycles. The van der Waals surface area contributed by atoms with Crippen LogP contribution in [0.5, 0.6) is 5.75 Å². The molecule has 0 radical (unpaired) electrons. The Morgan fingerprint density at radius 1 is 1.12 bits per heavy atom. The number of aryl methyl sites for hydroxylation is 1. The first-order chi connectivity index (χ1) is 15.3. The number of aromatic amines is 1. The van der Waals surface area contributed by atoms with Crippen molar-refractivity contribution >= 4 is 11.7 Å². The van der Waals surface area contributed by atoms with Gasteiger partial charge in [-0.15, -0.1) is 0 Å².